The van der Waals surface area contributed by atoms with Crippen molar-refractivity contribution in [2.45, 2.75) is 59.4 Å². The molecule has 3 heteroatoms. The van der Waals surface area contributed by atoms with Crippen LogP contribution in [0.25, 0.3) is 0 Å². The molecule has 0 aliphatic carbocycles. The van der Waals surface area contributed by atoms with Crippen LogP contribution >= 0.6 is 0 Å². The molecule has 0 radical (unpaired) electrons. The number of ether oxygens (including phenoxy) is 1. The van der Waals surface area contributed by atoms with E-state index in [0.29, 0.717) is 19.3 Å². The smallest absolute Gasteiger partial charge is 0.0651 e. The van der Waals surface area contributed by atoms with Crippen LogP contribution in [-0.4, -0.2) is 26.3 Å². The molecule has 0 heterocycles. The minimum absolute atomic E-state index is 0.432. The first-order valence-corrected chi connectivity index (χ1v) is 10.0. The molecule has 0 rings (SSSR count). The largest absolute Gasteiger partial charge is 0.394 e. The summed E-state index contributed by atoms with van der Waals surface area (Å²) in [4.78, 5) is 0. The molecule has 0 aliphatic rings. The number of nitrogens with one attached hydrogen (secondary N) is 2. The van der Waals surface area contributed by atoms with Crippen LogP contribution in [0.5, 0.6) is 0 Å². The van der Waals surface area contributed by atoms with Gasteiger partial charge >= 0.3 is 0 Å². The summed E-state index contributed by atoms with van der Waals surface area (Å²) >= 11 is 0. The zero-order valence-corrected chi connectivity index (χ0v) is 18.2. The number of rotatable bonds is 14. The Labute approximate surface area is 168 Å². The van der Waals surface area contributed by atoms with E-state index < -0.39 is 0 Å². The minimum Gasteiger partial charge on any atom is -0.394 e. The lowest BCUT2D eigenvalue weighted by molar-refractivity contribution is 0.194. The van der Waals surface area contributed by atoms with E-state index in [1.165, 1.54) is 31.3 Å². The normalized spacial score (nSPS) is 13.3. The van der Waals surface area contributed by atoms with Gasteiger partial charge in [0.1, 0.15) is 0 Å². The van der Waals surface area contributed by atoms with Crippen molar-refractivity contribution in [3.8, 4) is 0 Å². The maximum absolute atomic E-state index is 5.02. The molecule has 0 aliphatic heterocycles. The maximum atomic E-state index is 5.02. The molecule has 0 bridgehead atoms. The number of unbranched alkanes of at least 4 members (excludes halogenated alkanes) is 2. The molecule has 3 nitrogen and oxygen atoms in total. The summed E-state index contributed by atoms with van der Waals surface area (Å²) < 4.78 is 5.02. The van der Waals surface area contributed by atoms with Gasteiger partial charge in [-0.1, -0.05) is 68.2 Å². The van der Waals surface area contributed by atoms with E-state index in [4.69, 9.17) is 4.74 Å². The average molecular weight is 375 g/mol. The molecule has 27 heavy (non-hydrogen) atoms. The Morgan fingerprint density at radius 3 is 2.37 bits per heavy atom. The molecule has 154 valence electrons. The van der Waals surface area contributed by atoms with Gasteiger partial charge in [0.05, 0.1) is 13.2 Å². The second kappa shape index (κ2) is 24.0. The summed E-state index contributed by atoms with van der Waals surface area (Å²) in [5.41, 5.74) is 1.39. The van der Waals surface area contributed by atoms with Gasteiger partial charge in [-0.2, -0.15) is 0 Å². The summed E-state index contributed by atoms with van der Waals surface area (Å²) in [6, 6.07) is 0.432. The topological polar surface area (TPSA) is 33.3 Å². The predicted molar refractivity (Wildman–Crippen MR) is 123 cm³/mol. The summed E-state index contributed by atoms with van der Waals surface area (Å²) in [7, 11) is 1.90. The second-order valence-corrected chi connectivity index (χ2v) is 6.05. The SMILES string of the molecule is C=CCOCC=CC.CC=CC=C(C)C(CCCCC)N/C=C\C=C/NC. The van der Waals surface area contributed by atoms with Gasteiger partial charge in [-0.05, 0) is 51.7 Å². The molecule has 0 aromatic rings. The highest BCUT2D eigenvalue weighted by Crippen LogP contribution is 2.11. The van der Waals surface area contributed by atoms with Crippen LogP contribution in [0.2, 0.25) is 0 Å². The van der Waals surface area contributed by atoms with E-state index >= 15 is 0 Å². The molecule has 0 aromatic heterocycles. The Bertz CT molecular complexity index is 459. The van der Waals surface area contributed by atoms with Crippen molar-refractivity contribution in [3.05, 3.63) is 73.2 Å². The van der Waals surface area contributed by atoms with Gasteiger partial charge < -0.3 is 15.4 Å². The highest BCUT2D eigenvalue weighted by Gasteiger charge is 2.07. The van der Waals surface area contributed by atoms with Crippen LogP contribution in [0.4, 0.5) is 0 Å². The van der Waals surface area contributed by atoms with E-state index in [9.17, 15) is 0 Å². The van der Waals surface area contributed by atoms with Crippen molar-refractivity contribution >= 4 is 0 Å². The predicted octanol–water partition coefficient (Wildman–Crippen LogP) is 6.06. The molecule has 0 aromatic carbocycles. The van der Waals surface area contributed by atoms with Crippen molar-refractivity contribution < 1.29 is 4.74 Å². The first kappa shape index (κ1) is 27.2. The number of allylic oxidation sites excluding steroid dienone is 6. The van der Waals surface area contributed by atoms with E-state index in [0.717, 1.165) is 0 Å². The third-order valence-corrected chi connectivity index (χ3v) is 3.65. The molecule has 0 fully saturated rings. The lowest BCUT2D eigenvalue weighted by atomic mass is 10.0. The van der Waals surface area contributed by atoms with E-state index in [1.807, 2.05) is 57.6 Å². The van der Waals surface area contributed by atoms with Crippen LogP contribution in [0, 0.1) is 0 Å². The quantitative estimate of drug-likeness (QED) is 0.220. The summed E-state index contributed by atoms with van der Waals surface area (Å²) in [6.07, 6.45) is 25.0. The van der Waals surface area contributed by atoms with Crippen LogP contribution in [0.15, 0.2) is 73.2 Å². The van der Waals surface area contributed by atoms with Crippen LogP contribution in [-0.2, 0) is 4.74 Å². The summed E-state index contributed by atoms with van der Waals surface area (Å²) in [6.45, 7) is 13.3. The van der Waals surface area contributed by atoms with E-state index in [1.54, 1.807) is 6.08 Å². The van der Waals surface area contributed by atoms with Gasteiger partial charge in [0.2, 0.25) is 0 Å². The highest BCUT2D eigenvalue weighted by molar-refractivity contribution is 5.17. The molecule has 2 N–H and O–H groups in total. The third-order valence-electron chi connectivity index (χ3n) is 3.65. The van der Waals surface area contributed by atoms with Crippen LogP contribution < -0.4 is 10.6 Å². The molecule has 0 saturated carbocycles. The van der Waals surface area contributed by atoms with Gasteiger partial charge in [-0.15, -0.1) is 6.58 Å². The average Bonchev–Trinajstić information content (AvgIpc) is 2.68. The van der Waals surface area contributed by atoms with Gasteiger partial charge in [0.25, 0.3) is 0 Å². The summed E-state index contributed by atoms with van der Waals surface area (Å²) in [5, 5.41) is 6.45. The number of hydrogen-bond acceptors (Lipinski definition) is 3. The Morgan fingerprint density at radius 1 is 1.04 bits per heavy atom. The maximum Gasteiger partial charge on any atom is 0.0651 e. The van der Waals surface area contributed by atoms with Crippen molar-refractivity contribution in [2.24, 2.45) is 0 Å². The second-order valence-electron chi connectivity index (χ2n) is 6.05. The van der Waals surface area contributed by atoms with Crippen LogP contribution in [0.1, 0.15) is 53.4 Å². The van der Waals surface area contributed by atoms with Crippen molar-refractivity contribution in [3.63, 3.8) is 0 Å². The Balaban J connectivity index is 0. The van der Waals surface area contributed by atoms with Crippen LogP contribution in [0.3, 0.4) is 0 Å². The molecule has 1 unspecified atom stereocenters. The fourth-order valence-corrected chi connectivity index (χ4v) is 2.10. The Kier molecular flexibility index (Phi) is 24.2. The molecule has 0 amide bonds. The van der Waals surface area contributed by atoms with E-state index in [2.05, 4.69) is 49.3 Å². The molecular weight excluding hydrogens is 332 g/mol. The Morgan fingerprint density at radius 2 is 1.78 bits per heavy atom. The van der Waals surface area contributed by atoms with Crippen molar-refractivity contribution in [1.82, 2.24) is 10.6 Å². The standard InChI is InChI=1S/C17H30N2.C7H12O/c1-5-7-9-13-17(16(3)12-8-6-2)19-15-11-10-14-18-4;1-3-5-7-8-6-4-2/h6,8,10-12,14-15,17-19H,5,7,9,13H2,1-4H3;3-5H,2,6-7H2,1H3/b8-6?,14-10-,15-11-,16-12?;. The third kappa shape index (κ3) is 22.0. The van der Waals surface area contributed by atoms with Gasteiger partial charge in [0.15, 0.2) is 0 Å². The van der Waals surface area contributed by atoms with Gasteiger partial charge in [0, 0.05) is 13.1 Å². The lowest BCUT2D eigenvalue weighted by Crippen LogP contribution is -2.25. The molecule has 1 atom stereocenters. The van der Waals surface area contributed by atoms with Crippen molar-refractivity contribution in [2.75, 3.05) is 20.3 Å². The number of hydrogen-bond donors (Lipinski definition) is 2. The van der Waals surface area contributed by atoms with Crippen molar-refractivity contribution in [1.29, 1.82) is 0 Å². The first-order valence-electron chi connectivity index (χ1n) is 10.0. The minimum atomic E-state index is 0.432. The monoisotopic (exact) mass is 374 g/mol. The fourth-order valence-electron chi connectivity index (χ4n) is 2.10. The van der Waals surface area contributed by atoms with Gasteiger partial charge in [-0.25, -0.2) is 0 Å². The zero-order valence-electron chi connectivity index (χ0n) is 18.2. The zero-order chi connectivity index (χ0) is 20.6. The fraction of sp³-hybridized carbons (Fsp3) is 0.500. The molecule has 0 saturated heterocycles. The molecule has 0 spiro atoms. The molecular formula is C24H42N2O. The lowest BCUT2D eigenvalue weighted by Gasteiger charge is -2.18. The summed E-state index contributed by atoms with van der Waals surface area (Å²) in [5.74, 6) is 0. The Hall–Kier alpha value is -2.00. The highest BCUT2D eigenvalue weighted by atomic mass is 16.5. The van der Waals surface area contributed by atoms with E-state index in [-0.39, 0.29) is 0 Å². The first-order chi connectivity index (χ1) is 13.2. The van der Waals surface area contributed by atoms with Gasteiger partial charge in [-0.3, -0.25) is 0 Å².